The molecular weight excluding hydrogens is 334 g/mol. The minimum Gasteiger partial charge on any atom is -0.492 e. The van der Waals surface area contributed by atoms with Crippen LogP contribution in [0.2, 0.25) is 0 Å². The molecule has 4 heteroatoms. The first-order valence-corrected chi connectivity index (χ1v) is 9.63. The van der Waals surface area contributed by atoms with E-state index in [0.717, 1.165) is 36.2 Å². The topological polar surface area (TPSA) is 28.6 Å². The van der Waals surface area contributed by atoms with E-state index in [1.807, 2.05) is 18.3 Å². The van der Waals surface area contributed by atoms with Gasteiger partial charge in [-0.3, -0.25) is 4.98 Å². The first-order valence-electron chi connectivity index (χ1n) is 9.63. The molecule has 0 fully saturated rings. The van der Waals surface area contributed by atoms with E-state index in [9.17, 15) is 0 Å². The van der Waals surface area contributed by atoms with Crippen LogP contribution in [0, 0.1) is 0 Å². The third kappa shape index (κ3) is 3.76. The number of aromatic nitrogens is 1. The highest BCUT2D eigenvalue weighted by Gasteiger charge is 2.24. The molecular formula is C23H27N3O. The number of ether oxygens (including phenoxy) is 1. The largest absolute Gasteiger partial charge is 0.492 e. The average molecular weight is 361 g/mol. The number of benzene rings is 2. The lowest BCUT2D eigenvalue weighted by Crippen LogP contribution is -2.24. The number of pyridine rings is 1. The van der Waals surface area contributed by atoms with Gasteiger partial charge in [0.05, 0.1) is 11.6 Å². The van der Waals surface area contributed by atoms with Gasteiger partial charge in [0.2, 0.25) is 0 Å². The van der Waals surface area contributed by atoms with Crippen molar-refractivity contribution in [3.8, 4) is 5.75 Å². The quantitative estimate of drug-likeness (QED) is 0.654. The monoisotopic (exact) mass is 361 g/mol. The Morgan fingerprint density at radius 3 is 2.85 bits per heavy atom. The number of hydrogen-bond acceptors (Lipinski definition) is 4. The van der Waals surface area contributed by atoms with Crippen LogP contribution in [0.4, 0.5) is 5.69 Å². The highest BCUT2D eigenvalue weighted by Crippen LogP contribution is 2.35. The summed E-state index contributed by atoms with van der Waals surface area (Å²) in [6.45, 7) is 4.92. The molecule has 0 aliphatic carbocycles. The van der Waals surface area contributed by atoms with Crippen molar-refractivity contribution in [2.75, 3.05) is 38.7 Å². The van der Waals surface area contributed by atoms with Gasteiger partial charge in [-0.25, -0.2) is 0 Å². The second-order valence-corrected chi connectivity index (χ2v) is 7.52. The molecule has 2 aromatic carbocycles. The summed E-state index contributed by atoms with van der Waals surface area (Å²) in [5.41, 5.74) is 5.04. The molecule has 4 rings (SSSR count). The fourth-order valence-corrected chi connectivity index (χ4v) is 3.74. The number of likely N-dealkylation sites (N-methyl/N-ethyl adjacent to an activating group) is 1. The Balaban J connectivity index is 1.57. The molecule has 1 atom stereocenters. The minimum absolute atomic E-state index is 0.295. The molecule has 0 radical (unpaired) electrons. The highest BCUT2D eigenvalue weighted by molar-refractivity contribution is 5.80. The molecule has 0 amide bonds. The summed E-state index contributed by atoms with van der Waals surface area (Å²) < 4.78 is 5.89. The summed E-state index contributed by atoms with van der Waals surface area (Å²) in [6, 6.07) is 17.4. The summed E-state index contributed by atoms with van der Waals surface area (Å²) in [5, 5.41) is 1.13. The number of rotatable bonds is 6. The van der Waals surface area contributed by atoms with E-state index in [-0.39, 0.29) is 0 Å². The summed E-state index contributed by atoms with van der Waals surface area (Å²) >= 11 is 0. The van der Waals surface area contributed by atoms with Crippen LogP contribution in [-0.4, -0.2) is 43.7 Å². The Labute approximate surface area is 161 Å². The van der Waals surface area contributed by atoms with Gasteiger partial charge in [-0.15, -0.1) is 0 Å². The SMILES string of the molecule is C[C@H](c1cnc2ccc(OCCN(C)C)cc2c1)N1CCc2ccccc21. The summed E-state index contributed by atoms with van der Waals surface area (Å²) in [6.07, 6.45) is 3.13. The number of anilines is 1. The molecule has 2 heterocycles. The Bertz CT molecular complexity index is 938. The van der Waals surface area contributed by atoms with E-state index in [1.54, 1.807) is 0 Å². The maximum atomic E-state index is 5.89. The van der Waals surface area contributed by atoms with Gasteiger partial charge in [-0.05, 0) is 68.9 Å². The van der Waals surface area contributed by atoms with E-state index in [2.05, 4.69) is 72.2 Å². The maximum absolute atomic E-state index is 5.89. The molecule has 0 N–H and O–H groups in total. The first kappa shape index (κ1) is 17.8. The Kier molecular flexibility index (Phi) is 4.99. The predicted octanol–water partition coefficient (Wildman–Crippen LogP) is 4.30. The van der Waals surface area contributed by atoms with Crippen molar-refractivity contribution in [1.29, 1.82) is 0 Å². The van der Waals surface area contributed by atoms with Gasteiger partial charge in [-0.2, -0.15) is 0 Å². The van der Waals surface area contributed by atoms with Crippen LogP contribution >= 0.6 is 0 Å². The van der Waals surface area contributed by atoms with E-state index in [4.69, 9.17) is 4.74 Å². The fourth-order valence-electron chi connectivity index (χ4n) is 3.74. The van der Waals surface area contributed by atoms with E-state index < -0.39 is 0 Å². The number of hydrogen-bond donors (Lipinski definition) is 0. The van der Waals surface area contributed by atoms with E-state index >= 15 is 0 Å². The van der Waals surface area contributed by atoms with Gasteiger partial charge >= 0.3 is 0 Å². The number of para-hydroxylation sites is 1. The third-order valence-corrected chi connectivity index (χ3v) is 5.35. The van der Waals surface area contributed by atoms with Gasteiger partial charge in [0, 0.05) is 30.4 Å². The van der Waals surface area contributed by atoms with Gasteiger partial charge in [-0.1, -0.05) is 18.2 Å². The molecule has 0 saturated heterocycles. The molecule has 0 saturated carbocycles. The van der Waals surface area contributed by atoms with Crippen molar-refractivity contribution >= 4 is 16.6 Å². The van der Waals surface area contributed by atoms with Crippen LogP contribution < -0.4 is 9.64 Å². The summed E-state index contributed by atoms with van der Waals surface area (Å²) in [7, 11) is 4.11. The molecule has 1 aliphatic heterocycles. The number of fused-ring (bicyclic) bond motifs is 2. The molecule has 1 aromatic heterocycles. The Hall–Kier alpha value is -2.59. The maximum Gasteiger partial charge on any atom is 0.120 e. The molecule has 0 unspecified atom stereocenters. The summed E-state index contributed by atoms with van der Waals surface area (Å²) in [4.78, 5) is 9.29. The lowest BCUT2D eigenvalue weighted by Gasteiger charge is -2.27. The van der Waals surface area contributed by atoms with Gasteiger partial charge in [0.25, 0.3) is 0 Å². The van der Waals surface area contributed by atoms with Crippen molar-refractivity contribution in [1.82, 2.24) is 9.88 Å². The molecule has 27 heavy (non-hydrogen) atoms. The molecule has 0 spiro atoms. The van der Waals surface area contributed by atoms with E-state index in [1.165, 1.54) is 16.8 Å². The predicted molar refractivity (Wildman–Crippen MR) is 112 cm³/mol. The lowest BCUT2D eigenvalue weighted by molar-refractivity contribution is 0.261. The highest BCUT2D eigenvalue weighted by atomic mass is 16.5. The fraction of sp³-hybridized carbons (Fsp3) is 0.348. The molecule has 0 bridgehead atoms. The third-order valence-electron chi connectivity index (χ3n) is 5.35. The van der Waals surface area contributed by atoms with Crippen molar-refractivity contribution in [3.63, 3.8) is 0 Å². The van der Waals surface area contributed by atoms with Crippen molar-refractivity contribution in [3.05, 3.63) is 65.9 Å². The van der Waals surface area contributed by atoms with Gasteiger partial charge in [0.15, 0.2) is 0 Å². The second-order valence-electron chi connectivity index (χ2n) is 7.52. The van der Waals surface area contributed by atoms with Crippen LogP contribution in [0.15, 0.2) is 54.7 Å². The molecule has 3 aromatic rings. The average Bonchev–Trinajstić information content (AvgIpc) is 3.10. The molecule has 1 aliphatic rings. The van der Waals surface area contributed by atoms with Crippen LogP contribution in [0.1, 0.15) is 24.1 Å². The summed E-state index contributed by atoms with van der Waals surface area (Å²) in [5.74, 6) is 0.905. The first-order chi connectivity index (χ1) is 13.1. The zero-order valence-electron chi connectivity index (χ0n) is 16.4. The van der Waals surface area contributed by atoms with Gasteiger partial charge in [0.1, 0.15) is 12.4 Å². The molecule has 4 nitrogen and oxygen atoms in total. The number of nitrogens with zero attached hydrogens (tertiary/aromatic N) is 3. The van der Waals surface area contributed by atoms with Gasteiger partial charge < -0.3 is 14.5 Å². The normalized spacial score (nSPS) is 14.6. The van der Waals surface area contributed by atoms with Crippen molar-refractivity contribution in [2.45, 2.75) is 19.4 Å². The van der Waals surface area contributed by atoms with Crippen molar-refractivity contribution in [2.24, 2.45) is 0 Å². The molecule has 140 valence electrons. The van der Waals surface area contributed by atoms with Crippen LogP contribution in [0.5, 0.6) is 5.75 Å². The van der Waals surface area contributed by atoms with E-state index in [0.29, 0.717) is 12.6 Å². The van der Waals surface area contributed by atoms with Crippen molar-refractivity contribution < 1.29 is 4.74 Å². The Morgan fingerprint density at radius 1 is 1.15 bits per heavy atom. The smallest absolute Gasteiger partial charge is 0.120 e. The van der Waals surface area contributed by atoms with Crippen LogP contribution in [0.25, 0.3) is 10.9 Å². The standard InChI is InChI=1S/C23H27N3O/c1-17(26-11-10-18-6-4-5-7-23(18)26)20-14-19-15-21(27-13-12-25(2)3)8-9-22(19)24-16-20/h4-9,14-17H,10-13H2,1-3H3/t17-/m1/s1. The van der Waals surface area contributed by atoms with Crippen LogP contribution in [-0.2, 0) is 6.42 Å². The second kappa shape index (κ2) is 7.57. The Morgan fingerprint density at radius 2 is 2.00 bits per heavy atom. The zero-order chi connectivity index (χ0) is 18.8. The lowest BCUT2D eigenvalue weighted by atomic mass is 10.1. The minimum atomic E-state index is 0.295. The van der Waals surface area contributed by atoms with Crippen LogP contribution in [0.3, 0.4) is 0 Å². The zero-order valence-corrected chi connectivity index (χ0v) is 16.4.